The summed E-state index contributed by atoms with van der Waals surface area (Å²) < 4.78 is 1.92. The lowest BCUT2D eigenvalue weighted by molar-refractivity contribution is -0.113. The number of hydrogen-bond acceptors (Lipinski definition) is 4. The van der Waals surface area contributed by atoms with Gasteiger partial charge in [0, 0.05) is 5.69 Å². The summed E-state index contributed by atoms with van der Waals surface area (Å²) >= 11 is 1.37. The molecule has 0 unspecified atom stereocenters. The zero-order valence-electron chi connectivity index (χ0n) is 15.4. The summed E-state index contributed by atoms with van der Waals surface area (Å²) in [5, 5.41) is 11.8. The Labute approximate surface area is 157 Å². The fraction of sp³-hybridized carbons (Fsp3) is 0.250. The van der Waals surface area contributed by atoms with E-state index in [0.717, 1.165) is 22.5 Å². The highest BCUT2D eigenvalue weighted by Gasteiger charge is 2.12. The molecule has 0 saturated heterocycles. The van der Waals surface area contributed by atoms with Crippen molar-refractivity contribution in [3.8, 4) is 5.69 Å². The van der Waals surface area contributed by atoms with Crippen LogP contribution in [-0.2, 0) is 4.79 Å². The van der Waals surface area contributed by atoms with Crippen molar-refractivity contribution in [2.75, 3.05) is 11.1 Å². The molecular weight excluding hydrogens is 344 g/mol. The number of benzene rings is 2. The molecule has 5 nitrogen and oxygen atoms in total. The van der Waals surface area contributed by atoms with E-state index in [-0.39, 0.29) is 11.7 Å². The van der Waals surface area contributed by atoms with Crippen LogP contribution in [0.5, 0.6) is 0 Å². The first-order chi connectivity index (χ1) is 12.4. The Hall–Kier alpha value is -2.60. The molecule has 1 amide bonds. The van der Waals surface area contributed by atoms with Crippen molar-refractivity contribution in [2.45, 2.75) is 32.9 Å². The molecule has 0 atom stereocenters. The molecule has 1 heterocycles. The van der Waals surface area contributed by atoms with E-state index in [1.165, 1.54) is 22.9 Å². The third kappa shape index (κ3) is 4.14. The minimum Gasteiger partial charge on any atom is -0.325 e. The monoisotopic (exact) mass is 366 g/mol. The minimum atomic E-state index is -0.0616. The zero-order chi connectivity index (χ0) is 18.7. The average Bonchev–Trinajstić information content (AvgIpc) is 3.05. The first-order valence-corrected chi connectivity index (χ1v) is 9.40. The van der Waals surface area contributed by atoms with Crippen LogP contribution in [0.2, 0.25) is 0 Å². The zero-order valence-corrected chi connectivity index (χ0v) is 16.2. The fourth-order valence-electron chi connectivity index (χ4n) is 2.71. The molecule has 0 aliphatic heterocycles. The molecule has 0 fully saturated rings. The highest BCUT2D eigenvalue weighted by molar-refractivity contribution is 7.99. The maximum Gasteiger partial charge on any atom is 0.234 e. The smallest absolute Gasteiger partial charge is 0.234 e. The van der Waals surface area contributed by atoms with Crippen molar-refractivity contribution in [3.05, 3.63) is 65.0 Å². The van der Waals surface area contributed by atoms with E-state index in [1.807, 2.05) is 35.8 Å². The topological polar surface area (TPSA) is 59.8 Å². The quantitative estimate of drug-likeness (QED) is 0.687. The third-order valence-electron chi connectivity index (χ3n) is 4.25. The van der Waals surface area contributed by atoms with Crippen LogP contribution < -0.4 is 5.32 Å². The van der Waals surface area contributed by atoms with Gasteiger partial charge in [0.25, 0.3) is 0 Å². The Morgan fingerprint density at radius 1 is 1.04 bits per heavy atom. The first kappa shape index (κ1) is 18.2. The number of thioether (sulfide) groups is 1. The van der Waals surface area contributed by atoms with Crippen LogP contribution in [0.25, 0.3) is 5.69 Å². The Morgan fingerprint density at radius 3 is 2.58 bits per heavy atom. The van der Waals surface area contributed by atoms with Crippen molar-refractivity contribution in [1.82, 2.24) is 14.8 Å². The summed E-state index contributed by atoms with van der Waals surface area (Å²) in [6.45, 7) is 8.21. The maximum absolute atomic E-state index is 12.3. The normalized spacial score (nSPS) is 10.8. The van der Waals surface area contributed by atoms with Crippen LogP contribution in [0, 0.1) is 27.7 Å². The standard InChI is InChI=1S/C20H22N4OS/c1-13-5-8-18(16(4)9-13)24-12-21-23-20(24)26-11-19(25)22-17-7-6-14(2)15(3)10-17/h5-10,12H,11H2,1-4H3,(H,22,25). The number of hydrogen-bond donors (Lipinski definition) is 1. The second kappa shape index (κ2) is 7.74. The second-order valence-corrected chi connectivity index (χ2v) is 7.35. The van der Waals surface area contributed by atoms with Gasteiger partial charge in [-0.1, -0.05) is 35.5 Å². The van der Waals surface area contributed by atoms with Gasteiger partial charge in [-0.2, -0.15) is 0 Å². The summed E-state index contributed by atoms with van der Waals surface area (Å²) in [4.78, 5) is 12.3. The van der Waals surface area contributed by atoms with Gasteiger partial charge < -0.3 is 5.32 Å². The number of carbonyl (C=O) groups is 1. The molecule has 0 saturated carbocycles. The van der Waals surface area contributed by atoms with Gasteiger partial charge in [-0.25, -0.2) is 0 Å². The molecule has 3 aromatic rings. The van der Waals surface area contributed by atoms with E-state index < -0.39 is 0 Å². The van der Waals surface area contributed by atoms with Crippen molar-refractivity contribution in [2.24, 2.45) is 0 Å². The van der Waals surface area contributed by atoms with Gasteiger partial charge in [-0.15, -0.1) is 10.2 Å². The SMILES string of the molecule is Cc1ccc(-n2cnnc2SCC(=O)Nc2ccc(C)c(C)c2)c(C)c1. The van der Waals surface area contributed by atoms with Crippen molar-refractivity contribution in [1.29, 1.82) is 0 Å². The molecule has 0 bridgehead atoms. The molecule has 3 rings (SSSR count). The lowest BCUT2D eigenvalue weighted by Crippen LogP contribution is -2.14. The number of anilines is 1. The van der Waals surface area contributed by atoms with Crippen LogP contribution in [0.4, 0.5) is 5.69 Å². The van der Waals surface area contributed by atoms with E-state index in [9.17, 15) is 4.79 Å². The van der Waals surface area contributed by atoms with Gasteiger partial charge in [0.05, 0.1) is 11.4 Å². The Morgan fingerprint density at radius 2 is 1.85 bits per heavy atom. The summed E-state index contributed by atoms with van der Waals surface area (Å²) in [6, 6.07) is 12.1. The second-order valence-electron chi connectivity index (χ2n) is 6.41. The van der Waals surface area contributed by atoms with E-state index in [2.05, 4.69) is 48.4 Å². The summed E-state index contributed by atoms with van der Waals surface area (Å²) in [6.07, 6.45) is 1.68. The third-order valence-corrected chi connectivity index (χ3v) is 5.19. The van der Waals surface area contributed by atoms with Crippen molar-refractivity contribution < 1.29 is 4.79 Å². The van der Waals surface area contributed by atoms with Crippen LogP contribution in [0.15, 0.2) is 47.9 Å². The lowest BCUT2D eigenvalue weighted by Gasteiger charge is -2.10. The van der Waals surface area contributed by atoms with Crippen molar-refractivity contribution >= 4 is 23.4 Å². The predicted molar refractivity (Wildman–Crippen MR) is 106 cm³/mol. The average molecular weight is 366 g/mol. The number of rotatable bonds is 5. The van der Waals surface area contributed by atoms with E-state index in [4.69, 9.17) is 0 Å². The predicted octanol–water partition coefficient (Wildman–Crippen LogP) is 4.23. The van der Waals surface area contributed by atoms with Crippen LogP contribution in [0.3, 0.4) is 0 Å². The summed E-state index contributed by atoms with van der Waals surface area (Å²) in [5.74, 6) is 0.213. The van der Waals surface area contributed by atoms with E-state index >= 15 is 0 Å². The number of nitrogens with zero attached hydrogens (tertiary/aromatic N) is 3. The van der Waals surface area contributed by atoms with Crippen LogP contribution in [-0.4, -0.2) is 26.4 Å². The molecule has 0 spiro atoms. The first-order valence-electron chi connectivity index (χ1n) is 8.41. The highest BCUT2D eigenvalue weighted by Crippen LogP contribution is 2.23. The Balaban J connectivity index is 1.68. The van der Waals surface area contributed by atoms with Crippen molar-refractivity contribution in [3.63, 3.8) is 0 Å². The summed E-state index contributed by atoms with van der Waals surface area (Å²) in [5.41, 5.74) is 6.56. The molecule has 2 aromatic carbocycles. The number of aromatic nitrogens is 3. The molecule has 0 radical (unpaired) electrons. The van der Waals surface area contributed by atoms with Gasteiger partial charge in [0.15, 0.2) is 5.16 Å². The number of nitrogens with one attached hydrogen (secondary N) is 1. The fourth-order valence-corrected chi connectivity index (χ4v) is 3.43. The molecule has 26 heavy (non-hydrogen) atoms. The molecule has 0 aliphatic carbocycles. The van der Waals surface area contributed by atoms with Crippen LogP contribution >= 0.6 is 11.8 Å². The number of amides is 1. The molecule has 6 heteroatoms. The highest BCUT2D eigenvalue weighted by atomic mass is 32.2. The molecular formula is C20H22N4OS. The van der Waals surface area contributed by atoms with Gasteiger partial charge in [0.2, 0.25) is 5.91 Å². The molecule has 134 valence electrons. The van der Waals surface area contributed by atoms with Gasteiger partial charge in [0.1, 0.15) is 6.33 Å². The van der Waals surface area contributed by atoms with E-state index in [0.29, 0.717) is 5.16 Å². The lowest BCUT2D eigenvalue weighted by atomic mass is 10.1. The van der Waals surface area contributed by atoms with E-state index in [1.54, 1.807) is 6.33 Å². The largest absolute Gasteiger partial charge is 0.325 e. The number of aryl methyl sites for hydroxylation is 4. The van der Waals surface area contributed by atoms with Gasteiger partial charge in [-0.05, 0) is 62.6 Å². The summed E-state index contributed by atoms with van der Waals surface area (Å²) in [7, 11) is 0. The Bertz CT molecular complexity index is 949. The van der Waals surface area contributed by atoms with Crippen LogP contribution in [0.1, 0.15) is 22.3 Å². The molecule has 1 aromatic heterocycles. The maximum atomic E-state index is 12.3. The minimum absolute atomic E-state index is 0.0616. The van der Waals surface area contributed by atoms with Gasteiger partial charge >= 0.3 is 0 Å². The van der Waals surface area contributed by atoms with Gasteiger partial charge in [-0.3, -0.25) is 9.36 Å². The number of carbonyl (C=O) groups excluding carboxylic acids is 1. The molecule has 0 aliphatic rings. The Kier molecular flexibility index (Phi) is 5.42. The molecule has 1 N–H and O–H groups in total.